The van der Waals surface area contributed by atoms with E-state index in [1.165, 1.54) is 38.5 Å². The first-order valence-corrected chi connectivity index (χ1v) is 23.0. The quantitative estimate of drug-likeness (QED) is 0.0714. The van der Waals surface area contributed by atoms with Gasteiger partial charge in [0.15, 0.2) is 0 Å². The molecule has 4 aromatic rings. The molecular formula is C48H68F2N8O8. The van der Waals surface area contributed by atoms with Crippen molar-refractivity contribution in [2.75, 3.05) is 55.6 Å². The molecule has 0 bridgehead atoms. The zero-order valence-electron chi connectivity index (χ0n) is 39.8. The van der Waals surface area contributed by atoms with E-state index in [1.807, 2.05) is 13.8 Å². The van der Waals surface area contributed by atoms with Crippen molar-refractivity contribution in [1.82, 2.24) is 41.0 Å². The molecule has 0 saturated carbocycles. The summed E-state index contributed by atoms with van der Waals surface area (Å²) in [5.41, 5.74) is 3.69. The van der Waals surface area contributed by atoms with Crippen molar-refractivity contribution in [3.05, 3.63) is 59.2 Å². The largest absolute Gasteiger partial charge is 0.379 e. The van der Waals surface area contributed by atoms with Crippen molar-refractivity contribution in [3.8, 4) is 11.4 Å². The number of hydrogen-bond acceptors (Lipinski definition) is 10. The van der Waals surface area contributed by atoms with E-state index in [1.54, 1.807) is 64.1 Å². The zero-order chi connectivity index (χ0) is 48.0. The van der Waals surface area contributed by atoms with E-state index in [-0.39, 0.29) is 36.5 Å². The second-order valence-corrected chi connectivity index (χ2v) is 17.4. The minimum absolute atomic E-state index is 0.251. The average molecular weight is 923 g/mol. The maximum absolute atomic E-state index is 15.1. The number of likely N-dealkylation sites (tertiary alicyclic amines) is 2. The number of methoxy groups -OCH3 is 4. The Kier molecular flexibility index (Phi) is 17.0. The van der Waals surface area contributed by atoms with Gasteiger partial charge in [-0.15, -0.1) is 0 Å². The Morgan fingerprint density at radius 2 is 1.05 bits per heavy atom. The van der Waals surface area contributed by atoms with E-state index in [0.717, 1.165) is 11.1 Å². The summed E-state index contributed by atoms with van der Waals surface area (Å²) in [5, 5.41) is 13.3. The van der Waals surface area contributed by atoms with Crippen molar-refractivity contribution >= 4 is 45.4 Å². The van der Waals surface area contributed by atoms with Crippen LogP contribution in [0, 0.1) is 11.6 Å². The van der Waals surface area contributed by atoms with Gasteiger partial charge in [-0.05, 0) is 114 Å². The number of carbonyl (C=O) groups is 4. The molecule has 4 heterocycles. The number of benzene rings is 2. The van der Waals surface area contributed by atoms with E-state index < -0.39 is 72.3 Å². The predicted octanol–water partition coefficient (Wildman–Crippen LogP) is 3.95. The summed E-state index contributed by atoms with van der Waals surface area (Å²) in [5.74, 6) is -2.21. The Hall–Kier alpha value is -4.98. The smallest absolute Gasteiger partial charge is 0.248 e. The molecule has 10 atom stereocenters. The lowest BCUT2D eigenvalue weighted by molar-refractivity contribution is -0.142. The van der Waals surface area contributed by atoms with Gasteiger partial charge >= 0.3 is 0 Å². The van der Waals surface area contributed by atoms with E-state index in [9.17, 15) is 19.2 Å². The Bertz CT molecular complexity index is 2170. The number of amides is 4. The molecule has 0 spiro atoms. The Balaban J connectivity index is 1.45. The van der Waals surface area contributed by atoms with Gasteiger partial charge in [-0.25, -0.2) is 8.78 Å². The number of H-pyrrole nitrogens is 2. The highest BCUT2D eigenvalue weighted by atomic mass is 19.1. The molecule has 6 rings (SSSR count). The number of nitrogens with one attached hydrogen (secondary N) is 6. The Morgan fingerprint density at radius 3 is 1.36 bits per heavy atom. The fourth-order valence-corrected chi connectivity index (χ4v) is 9.89. The third kappa shape index (κ3) is 10.3. The highest BCUT2D eigenvalue weighted by molar-refractivity contribution is 5.97. The number of likely N-dealkylation sites (N-methyl/N-ethyl adjacent to an activating group) is 2. The molecule has 0 aliphatic carbocycles. The Morgan fingerprint density at radius 1 is 0.667 bits per heavy atom. The summed E-state index contributed by atoms with van der Waals surface area (Å²) in [6, 6.07) is 4.89. The molecule has 2 saturated heterocycles. The van der Waals surface area contributed by atoms with Gasteiger partial charge in [0.1, 0.15) is 23.7 Å². The molecule has 4 amide bonds. The molecular weight excluding hydrogens is 855 g/mol. The molecule has 2 aliphatic rings. The second kappa shape index (κ2) is 22.2. The molecule has 2 fully saturated rings. The van der Waals surface area contributed by atoms with Crippen molar-refractivity contribution < 1.29 is 46.9 Å². The standard InChI is InChI=1S/C48H68F2N8O8/c1-11-33(51-5)45(59)55-41(25(3)63-7)47(61)57-19-17-39(65-9)37(57)23-31-29-15-13-27(49)21-35(29)53-43(31)44-32(30-16-14-28(50)22-36(30)54-44)24-38-40(66-10)18-20-58(38)48(62)42(26(4)64-8)56-46(60)34(12-2)52-6/h13-16,21-22,25-26,33-34,37-42,51-54H,11-12,17-20,23-24H2,1-10H3,(H,55,59)(H,56,60)/t25-,26-,33+,34+,37-,38+,39-,40-,41+,42+/m1/s1. The molecule has 16 nitrogen and oxygen atoms in total. The lowest BCUT2D eigenvalue weighted by Gasteiger charge is -2.34. The average Bonchev–Trinajstić information content (AvgIpc) is 4.10. The van der Waals surface area contributed by atoms with Crippen molar-refractivity contribution in [1.29, 1.82) is 0 Å². The van der Waals surface area contributed by atoms with Crippen LogP contribution in [0.2, 0.25) is 0 Å². The first-order chi connectivity index (χ1) is 31.7. The van der Waals surface area contributed by atoms with Gasteiger partial charge < -0.3 is 60.0 Å². The molecule has 2 aromatic heterocycles. The number of fused-ring (bicyclic) bond motifs is 2. The van der Waals surface area contributed by atoms with Crippen LogP contribution in [0.25, 0.3) is 33.2 Å². The van der Waals surface area contributed by atoms with Gasteiger partial charge in [-0.1, -0.05) is 13.8 Å². The monoisotopic (exact) mass is 923 g/mol. The van der Waals surface area contributed by atoms with E-state index >= 15 is 8.78 Å². The second-order valence-electron chi connectivity index (χ2n) is 17.4. The van der Waals surface area contributed by atoms with Gasteiger partial charge in [-0.3, -0.25) is 19.2 Å². The van der Waals surface area contributed by atoms with Crippen LogP contribution in [0.4, 0.5) is 8.78 Å². The molecule has 6 N–H and O–H groups in total. The SMILES string of the molecule is CC[C@H](NC)C(=O)N[C@H](C(=O)N1CC[C@@H](OC)[C@H]1Cc1c(-c2[nH]c3cc(F)ccc3c2C[C@H]2[C@H](OC)CCN2C(=O)[C@@H](NC(=O)[C@H](CC)NC)[C@@H](C)OC)[nH]c2cc(F)ccc12)[C@@H](C)OC. The number of aromatic amines is 2. The summed E-state index contributed by atoms with van der Waals surface area (Å²) in [6.45, 7) is 7.93. The van der Waals surface area contributed by atoms with Crippen LogP contribution in [0.3, 0.4) is 0 Å². The number of carbonyl (C=O) groups excluding carboxylic acids is 4. The van der Waals surface area contributed by atoms with Gasteiger partial charge in [0.2, 0.25) is 23.6 Å². The van der Waals surface area contributed by atoms with Crippen LogP contribution < -0.4 is 21.3 Å². The van der Waals surface area contributed by atoms with Crippen molar-refractivity contribution in [3.63, 3.8) is 0 Å². The fourth-order valence-electron chi connectivity index (χ4n) is 9.89. The molecule has 2 aliphatic heterocycles. The van der Waals surface area contributed by atoms with E-state index in [4.69, 9.17) is 18.9 Å². The first kappa shape index (κ1) is 50.4. The summed E-state index contributed by atoms with van der Waals surface area (Å²) >= 11 is 0. The van der Waals surface area contributed by atoms with Crippen molar-refractivity contribution in [2.24, 2.45) is 0 Å². The van der Waals surface area contributed by atoms with E-state index in [0.29, 0.717) is 72.0 Å². The summed E-state index contributed by atoms with van der Waals surface area (Å²) < 4.78 is 53.5. The minimum Gasteiger partial charge on any atom is -0.379 e. The summed E-state index contributed by atoms with van der Waals surface area (Å²) in [6.07, 6.45) is 0.440. The van der Waals surface area contributed by atoms with Gasteiger partial charge in [0, 0.05) is 63.3 Å². The maximum atomic E-state index is 15.1. The molecule has 66 heavy (non-hydrogen) atoms. The Labute approximate surface area is 385 Å². The van der Waals surface area contributed by atoms with Crippen LogP contribution in [0.5, 0.6) is 0 Å². The third-order valence-electron chi connectivity index (χ3n) is 13.9. The minimum atomic E-state index is -1.00. The van der Waals surface area contributed by atoms with Crippen LogP contribution in [0.15, 0.2) is 36.4 Å². The van der Waals surface area contributed by atoms with Crippen LogP contribution in [0.1, 0.15) is 64.5 Å². The first-order valence-electron chi connectivity index (χ1n) is 23.0. The number of aromatic nitrogens is 2. The normalized spacial score (nSPS) is 21.5. The lowest BCUT2D eigenvalue weighted by Crippen LogP contribution is -2.58. The van der Waals surface area contributed by atoms with E-state index in [2.05, 4.69) is 31.2 Å². The number of nitrogens with zero attached hydrogens (tertiary/aromatic N) is 2. The van der Waals surface area contributed by atoms with Crippen molar-refractivity contribution in [2.45, 2.75) is 127 Å². The molecule has 0 radical (unpaired) electrons. The third-order valence-corrected chi connectivity index (χ3v) is 13.9. The molecule has 362 valence electrons. The molecule has 18 heteroatoms. The highest BCUT2D eigenvalue weighted by Crippen LogP contribution is 2.40. The fraction of sp³-hybridized carbons (Fsp3) is 0.583. The van der Waals surface area contributed by atoms with Crippen LogP contribution >= 0.6 is 0 Å². The van der Waals surface area contributed by atoms with Gasteiger partial charge in [0.25, 0.3) is 0 Å². The highest BCUT2D eigenvalue weighted by Gasteiger charge is 2.45. The number of hydrogen-bond donors (Lipinski definition) is 6. The predicted molar refractivity (Wildman–Crippen MR) is 248 cm³/mol. The zero-order valence-corrected chi connectivity index (χ0v) is 39.8. The van der Waals surface area contributed by atoms with Crippen LogP contribution in [-0.2, 0) is 51.0 Å². The molecule has 2 aromatic carbocycles. The topological polar surface area (TPSA) is 191 Å². The van der Waals surface area contributed by atoms with Gasteiger partial charge in [-0.2, -0.15) is 0 Å². The number of ether oxygens (including phenoxy) is 4. The maximum Gasteiger partial charge on any atom is 0.248 e. The molecule has 0 unspecified atom stereocenters. The lowest BCUT2D eigenvalue weighted by atomic mass is 9.93. The summed E-state index contributed by atoms with van der Waals surface area (Å²) in [7, 11) is 9.57. The van der Waals surface area contributed by atoms with Gasteiger partial charge in [0.05, 0.1) is 60.0 Å². The van der Waals surface area contributed by atoms with Crippen LogP contribution in [-0.4, -0.2) is 160 Å². The number of rotatable bonds is 21. The number of halogens is 2. The summed E-state index contributed by atoms with van der Waals surface area (Å²) in [4.78, 5) is 66.6.